The summed E-state index contributed by atoms with van der Waals surface area (Å²) in [4.78, 5) is 10.3. The molecule has 0 amide bonds. The summed E-state index contributed by atoms with van der Waals surface area (Å²) in [5, 5.41) is 8.44. The van der Waals surface area contributed by atoms with Crippen LogP contribution in [-0.4, -0.2) is 30.8 Å². The first-order valence-corrected chi connectivity index (χ1v) is 5.51. The maximum absolute atomic E-state index is 10.3. The number of methoxy groups -OCH3 is 1. The predicted molar refractivity (Wildman–Crippen MR) is 66.4 cm³/mol. The summed E-state index contributed by atoms with van der Waals surface area (Å²) in [6.45, 7) is 8.24. The Labute approximate surface area is 98.5 Å². The van der Waals surface area contributed by atoms with Crippen LogP contribution in [0.2, 0.25) is 0 Å². The van der Waals surface area contributed by atoms with Crippen LogP contribution in [0.15, 0.2) is 12.2 Å². The van der Waals surface area contributed by atoms with Crippen LogP contribution in [0.1, 0.15) is 39.5 Å². The van der Waals surface area contributed by atoms with E-state index in [1.807, 2.05) is 13.8 Å². The average Bonchev–Trinajstić information content (AvgIpc) is 2.16. The third-order valence-corrected chi connectivity index (χ3v) is 1.68. The first-order valence-electron chi connectivity index (χ1n) is 5.51. The second-order valence-electron chi connectivity index (χ2n) is 3.99. The van der Waals surface area contributed by atoms with E-state index in [1.165, 1.54) is 5.57 Å². The minimum Gasteiger partial charge on any atom is -0.480 e. The SMILES string of the molecule is C=C(C)C.COCCCCCC(N)C(=O)O. The van der Waals surface area contributed by atoms with Crippen molar-refractivity contribution in [3.8, 4) is 0 Å². The van der Waals surface area contributed by atoms with Crippen LogP contribution < -0.4 is 5.73 Å². The van der Waals surface area contributed by atoms with Crippen LogP contribution in [0, 0.1) is 0 Å². The number of aliphatic carboxylic acids is 1. The molecule has 4 nitrogen and oxygen atoms in total. The van der Waals surface area contributed by atoms with Gasteiger partial charge in [-0.3, -0.25) is 4.79 Å². The van der Waals surface area contributed by atoms with E-state index in [2.05, 4.69) is 6.58 Å². The second-order valence-corrected chi connectivity index (χ2v) is 3.99. The molecule has 1 atom stereocenters. The summed E-state index contributed by atoms with van der Waals surface area (Å²) in [6, 6.07) is -0.701. The third kappa shape index (κ3) is 18.8. The number of allylic oxidation sites excluding steroid dienone is 1. The number of rotatable bonds is 7. The molecule has 0 saturated heterocycles. The van der Waals surface area contributed by atoms with E-state index in [9.17, 15) is 4.79 Å². The van der Waals surface area contributed by atoms with Gasteiger partial charge in [-0.1, -0.05) is 18.4 Å². The minimum atomic E-state index is -0.915. The van der Waals surface area contributed by atoms with Gasteiger partial charge in [-0.05, 0) is 26.7 Å². The van der Waals surface area contributed by atoms with Crippen molar-refractivity contribution >= 4 is 5.97 Å². The largest absolute Gasteiger partial charge is 0.480 e. The number of hydrogen-bond acceptors (Lipinski definition) is 3. The van der Waals surface area contributed by atoms with Gasteiger partial charge >= 0.3 is 5.97 Å². The molecule has 0 aliphatic carbocycles. The minimum absolute atomic E-state index is 0.555. The Kier molecular flexibility index (Phi) is 13.4. The van der Waals surface area contributed by atoms with Gasteiger partial charge in [0, 0.05) is 13.7 Å². The van der Waals surface area contributed by atoms with Gasteiger partial charge in [-0.2, -0.15) is 0 Å². The molecule has 4 heteroatoms. The Bertz CT molecular complexity index is 189. The van der Waals surface area contributed by atoms with Crippen LogP contribution in [0.25, 0.3) is 0 Å². The molecule has 96 valence electrons. The van der Waals surface area contributed by atoms with E-state index < -0.39 is 12.0 Å². The molecule has 0 heterocycles. The molecule has 0 aliphatic rings. The molecular formula is C12H25NO3. The van der Waals surface area contributed by atoms with Crippen LogP contribution in [0.4, 0.5) is 0 Å². The molecule has 3 N–H and O–H groups in total. The predicted octanol–water partition coefficient (Wildman–Crippen LogP) is 2.19. The van der Waals surface area contributed by atoms with Gasteiger partial charge in [0.1, 0.15) is 6.04 Å². The molecule has 1 unspecified atom stereocenters. The topological polar surface area (TPSA) is 72.5 Å². The van der Waals surface area contributed by atoms with Crippen LogP contribution >= 0.6 is 0 Å². The van der Waals surface area contributed by atoms with Crippen LogP contribution in [-0.2, 0) is 9.53 Å². The molecule has 0 aromatic heterocycles. The zero-order valence-corrected chi connectivity index (χ0v) is 10.7. The number of carboxylic acid groups (broad SMARTS) is 1. The summed E-state index contributed by atoms with van der Waals surface area (Å²) in [5.41, 5.74) is 6.47. The van der Waals surface area contributed by atoms with Gasteiger partial charge < -0.3 is 15.6 Å². The van der Waals surface area contributed by atoms with Crippen molar-refractivity contribution < 1.29 is 14.6 Å². The Morgan fingerprint density at radius 2 is 1.88 bits per heavy atom. The smallest absolute Gasteiger partial charge is 0.320 e. The van der Waals surface area contributed by atoms with Gasteiger partial charge in [0.25, 0.3) is 0 Å². The van der Waals surface area contributed by atoms with Gasteiger partial charge in [-0.15, -0.1) is 6.58 Å². The zero-order chi connectivity index (χ0) is 13.0. The van der Waals surface area contributed by atoms with Crippen molar-refractivity contribution in [2.24, 2.45) is 5.73 Å². The van der Waals surface area contributed by atoms with E-state index in [4.69, 9.17) is 15.6 Å². The first kappa shape index (κ1) is 17.5. The molecule has 0 bridgehead atoms. The molecule has 0 saturated carbocycles. The molecule has 0 aromatic carbocycles. The fourth-order valence-electron chi connectivity index (χ4n) is 0.911. The first-order chi connectivity index (χ1) is 7.41. The summed E-state index contributed by atoms with van der Waals surface area (Å²) in [6.07, 6.45) is 3.37. The number of carboxylic acids is 1. The molecule has 0 aliphatic heterocycles. The number of hydrogen-bond donors (Lipinski definition) is 2. The van der Waals surface area contributed by atoms with Crippen molar-refractivity contribution in [3.05, 3.63) is 12.2 Å². The molecule has 16 heavy (non-hydrogen) atoms. The monoisotopic (exact) mass is 231 g/mol. The highest BCUT2D eigenvalue weighted by atomic mass is 16.5. The molecule has 0 rings (SSSR count). The molecule has 0 radical (unpaired) electrons. The van der Waals surface area contributed by atoms with Gasteiger partial charge in [0.2, 0.25) is 0 Å². The van der Waals surface area contributed by atoms with Crippen molar-refractivity contribution in [3.63, 3.8) is 0 Å². The molecular weight excluding hydrogens is 206 g/mol. The van der Waals surface area contributed by atoms with Crippen LogP contribution in [0.3, 0.4) is 0 Å². The van der Waals surface area contributed by atoms with E-state index >= 15 is 0 Å². The second kappa shape index (κ2) is 12.2. The average molecular weight is 231 g/mol. The van der Waals surface area contributed by atoms with Gasteiger partial charge in [0.15, 0.2) is 0 Å². The van der Waals surface area contributed by atoms with Gasteiger partial charge in [-0.25, -0.2) is 0 Å². The lowest BCUT2D eigenvalue weighted by Gasteiger charge is -2.04. The summed E-state index contributed by atoms with van der Waals surface area (Å²) < 4.78 is 4.85. The Hall–Kier alpha value is -0.870. The van der Waals surface area contributed by atoms with Crippen molar-refractivity contribution in [1.29, 1.82) is 0 Å². The number of nitrogens with two attached hydrogens (primary N) is 1. The molecule has 0 spiro atoms. The highest BCUT2D eigenvalue weighted by Gasteiger charge is 2.09. The lowest BCUT2D eigenvalue weighted by atomic mass is 10.1. The molecule has 0 fully saturated rings. The number of unbranched alkanes of at least 4 members (excludes halogenated alkanes) is 2. The Morgan fingerprint density at radius 3 is 2.25 bits per heavy atom. The van der Waals surface area contributed by atoms with Gasteiger partial charge in [0.05, 0.1) is 0 Å². The lowest BCUT2D eigenvalue weighted by molar-refractivity contribution is -0.138. The fourth-order valence-corrected chi connectivity index (χ4v) is 0.911. The van der Waals surface area contributed by atoms with E-state index in [1.54, 1.807) is 7.11 Å². The Morgan fingerprint density at radius 1 is 1.38 bits per heavy atom. The highest BCUT2D eigenvalue weighted by molar-refractivity contribution is 5.72. The third-order valence-electron chi connectivity index (χ3n) is 1.68. The normalized spacial score (nSPS) is 11.2. The van der Waals surface area contributed by atoms with E-state index in [0.717, 1.165) is 25.9 Å². The number of carbonyl (C=O) groups is 1. The van der Waals surface area contributed by atoms with Crippen molar-refractivity contribution in [2.45, 2.75) is 45.6 Å². The quantitative estimate of drug-likeness (QED) is 0.520. The number of ether oxygens (including phenoxy) is 1. The fraction of sp³-hybridized carbons (Fsp3) is 0.750. The zero-order valence-electron chi connectivity index (χ0n) is 10.7. The molecule has 0 aromatic rings. The standard InChI is InChI=1S/C8H17NO3.C4H8/c1-12-6-4-2-3-5-7(9)8(10)11;1-4(2)3/h7H,2-6,9H2,1H3,(H,10,11);1H2,2-3H3. The Balaban J connectivity index is 0. The maximum atomic E-state index is 10.3. The van der Waals surface area contributed by atoms with Crippen LogP contribution in [0.5, 0.6) is 0 Å². The maximum Gasteiger partial charge on any atom is 0.320 e. The van der Waals surface area contributed by atoms with Crippen molar-refractivity contribution in [2.75, 3.05) is 13.7 Å². The summed E-state index contributed by atoms with van der Waals surface area (Å²) >= 11 is 0. The van der Waals surface area contributed by atoms with E-state index in [0.29, 0.717) is 6.42 Å². The van der Waals surface area contributed by atoms with E-state index in [-0.39, 0.29) is 0 Å². The summed E-state index contributed by atoms with van der Waals surface area (Å²) in [7, 11) is 1.66. The highest BCUT2D eigenvalue weighted by Crippen LogP contribution is 2.02. The lowest BCUT2D eigenvalue weighted by Crippen LogP contribution is -2.29. The summed E-state index contributed by atoms with van der Waals surface area (Å²) in [5.74, 6) is -0.915. The van der Waals surface area contributed by atoms with Crippen molar-refractivity contribution in [1.82, 2.24) is 0 Å².